The Morgan fingerprint density at radius 3 is 2.47 bits per heavy atom. The maximum atomic E-state index is 13.6. The number of halogens is 2. The molecule has 0 bridgehead atoms. The molecule has 2 aromatic rings. The minimum atomic E-state index is -0.256. The van der Waals surface area contributed by atoms with Crippen LogP contribution in [-0.4, -0.2) is 0 Å². The summed E-state index contributed by atoms with van der Waals surface area (Å²) in [4.78, 5) is 0. The highest BCUT2D eigenvalue weighted by Crippen LogP contribution is 2.27. The van der Waals surface area contributed by atoms with Crippen molar-refractivity contribution >= 4 is 34.0 Å². The van der Waals surface area contributed by atoms with Gasteiger partial charge in [-0.2, -0.15) is 0 Å². The summed E-state index contributed by atoms with van der Waals surface area (Å²) in [5, 5.41) is 3.25. The molecule has 2 nitrogen and oxygen atoms in total. The van der Waals surface area contributed by atoms with E-state index in [1.807, 2.05) is 36.4 Å². The molecule has 0 aliphatic carbocycles. The third-order valence-corrected chi connectivity index (χ3v) is 3.87. The molecule has 0 spiro atoms. The molecule has 2 aromatic carbocycles. The molecule has 0 amide bonds. The second-order valence-electron chi connectivity index (χ2n) is 4.63. The largest absolute Gasteiger partial charge is 0.397 e. The second-order valence-corrected chi connectivity index (χ2v) is 5.79. The lowest BCUT2D eigenvalue weighted by molar-refractivity contribution is 0.620. The van der Waals surface area contributed by atoms with E-state index in [2.05, 4.69) is 29.6 Å². The fraction of sp³-hybridized carbons (Fsp3) is 0.200. The first-order valence-electron chi connectivity index (χ1n) is 6.05. The standard InChI is InChI=1S/C15H16FIN2/c1-9-3-5-11(6-4-9)10(2)19-15-7-12(16)13(17)8-14(15)18/h3-8,10,19H,18H2,1-2H3. The molecule has 0 aromatic heterocycles. The van der Waals surface area contributed by atoms with Crippen LogP contribution in [0.4, 0.5) is 15.8 Å². The number of rotatable bonds is 3. The van der Waals surface area contributed by atoms with Crippen LogP contribution in [0.2, 0.25) is 0 Å². The van der Waals surface area contributed by atoms with E-state index in [1.54, 1.807) is 6.07 Å². The number of nitrogens with two attached hydrogens (primary N) is 1. The van der Waals surface area contributed by atoms with Crippen LogP contribution in [0.15, 0.2) is 36.4 Å². The smallest absolute Gasteiger partial charge is 0.138 e. The molecular formula is C15H16FIN2. The van der Waals surface area contributed by atoms with Crippen molar-refractivity contribution in [1.29, 1.82) is 0 Å². The van der Waals surface area contributed by atoms with Crippen LogP contribution >= 0.6 is 22.6 Å². The van der Waals surface area contributed by atoms with E-state index < -0.39 is 0 Å². The summed E-state index contributed by atoms with van der Waals surface area (Å²) in [5.41, 5.74) is 9.46. The van der Waals surface area contributed by atoms with Crippen LogP contribution in [0.1, 0.15) is 24.1 Å². The van der Waals surface area contributed by atoms with Gasteiger partial charge < -0.3 is 11.1 Å². The fourth-order valence-corrected chi connectivity index (χ4v) is 2.35. The number of aryl methyl sites for hydroxylation is 1. The van der Waals surface area contributed by atoms with Crippen molar-refractivity contribution in [3.8, 4) is 0 Å². The van der Waals surface area contributed by atoms with Gasteiger partial charge in [0.2, 0.25) is 0 Å². The summed E-state index contributed by atoms with van der Waals surface area (Å²) in [5.74, 6) is -0.256. The van der Waals surface area contributed by atoms with Gasteiger partial charge in [0.05, 0.1) is 14.9 Å². The van der Waals surface area contributed by atoms with Crippen molar-refractivity contribution in [2.24, 2.45) is 0 Å². The van der Waals surface area contributed by atoms with E-state index in [4.69, 9.17) is 5.73 Å². The first-order chi connectivity index (χ1) is 8.97. The minimum Gasteiger partial charge on any atom is -0.397 e. The number of hydrogen-bond donors (Lipinski definition) is 2. The van der Waals surface area contributed by atoms with Crippen molar-refractivity contribution in [3.63, 3.8) is 0 Å². The van der Waals surface area contributed by atoms with Crippen molar-refractivity contribution in [2.45, 2.75) is 19.9 Å². The van der Waals surface area contributed by atoms with E-state index in [1.165, 1.54) is 11.6 Å². The van der Waals surface area contributed by atoms with Crippen molar-refractivity contribution in [2.75, 3.05) is 11.1 Å². The summed E-state index contributed by atoms with van der Waals surface area (Å²) >= 11 is 1.93. The van der Waals surface area contributed by atoms with Crippen LogP contribution in [-0.2, 0) is 0 Å². The van der Waals surface area contributed by atoms with E-state index >= 15 is 0 Å². The molecule has 0 aliphatic rings. The molecule has 4 heteroatoms. The summed E-state index contributed by atoms with van der Waals surface area (Å²) in [6, 6.07) is 11.4. The van der Waals surface area contributed by atoms with Crippen molar-refractivity contribution < 1.29 is 4.39 Å². The predicted molar refractivity (Wildman–Crippen MR) is 86.7 cm³/mol. The average molecular weight is 370 g/mol. The zero-order valence-electron chi connectivity index (χ0n) is 10.9. The molecule has 0 aliphatic heterocycles. The minimum absolute atomic E-state index is 0.0716. The van der Waals surface area contributed by atoms with E-state index in [0.29, 0.717) is 14.9 Å². The molecule has 1 unspecified atom stereocenters. The molecular weight excluding hydrogens is 354 g/mol. The molecule has 0 fully saturated rings. The Morgan fingerprint density at radius 1 is 1.21 bits per heavy atom. The quantitative estimate of drug-likeness (QED) is 0.617. The van der Waals surface area contributed by atoms with Gasteiger partial charge in [-0.15, -0.1) is 0 Å². The van der Waals surface area contributed by atoms with Gasteiger partial charge in [-0.25, -0.2) is 4.39 Å². The van der Waals surface area contributed by atoms with Crippen molar-refractivity contribution in [3.05, 3.63) is 56.9 Å². The van der Waals surface area contributed by atoms with Crippen LogP contribution in [0.3, 0.4) is 0 Å². The Morgan fingerprint density at radius 2 is 1.84 bits per heavy atom. The summed E-state index contributed by atoms with van der Waals surface area (Å²) in [7, 11) is 0. The predicted octanol–water partition coefficient (Wildman–Crippen LogP) is 4.49. The van der Waals surface area contributed by atoms with Gasteiger partial charge in [-0.3, -0.25) is 0 Å². The zero-order chi connectivity index (χ0) is 14.0. The maximum Gasteiger partial charge on any atom is 0.138 e. The van der Waals surface area contributed by atoms with Gasteiger partial charge >= 0.3 is 0 Å². The van der Waals surface area contributed by atoms with Gasteiger partial charge in [-0.1, -0.05) is 29.8 Å². The topological polar surface area (TPSA) is 38.0 Å². The summed E-state index contributed by atoms with van der Waals surface area (Å²) in [6.45, 7) is 4.08. The Kier molecular flexibility index (Phi) is 4.29. The number of benzene rings is 2. The second kappa shape index (κ2) is 5.77. The van der Waals surface area contributed by atoms with Gasteiger partial charge in [0.15, 0.2) is 0 Å². The van der Waals surface area contributed by atoms with Gasteiger partial charge in [0.1, 0.15) is 5.82 Å². The lowest BCUT2D eigenvalue weighted by Crippen LogP contribution is -2.09. The molecule has 19 heavy (non-hydrogen) atoms. The van der Waals surface area contributed by atoms with Crippen LogP contribution in [0.25, 0.3) is 0 Å². The first-order valence-corrected chi connectivity index (χ1v) is 7.13. The number of nitrogens with one attached hydrogen (secondary N) is 1. The number of anilines is 2. The third kappa shape index (κ3) is 3.37. The fourth-order valence-electron chi connectivity index (χ4n) is 1.86. The molecule has 100 valence electrons. The SMILES string of the molecule is Cc1ccc(C(C)Nc2cc(F)c(I)cc2N)cc1. The van der Waals surface area contributed by atoms with E-state index in [-0.39, 0.29) is 11.9 Å². The third-order valence-electron chi connectivity index (χ3n) is 3.04. The van der Waals surface area contributed by atoms with Gasteiger partial charge in [-0.05, 0) is 48.1 Å². The average Bonchev–Trinajstić information content (AvgIpc) is 2.36. The normalized spacial score (nSPS) is 12.2. The lowest BCUT2D eigenvalue weighted by atomic mass is 10.1. The van der Waals surface area contributed by atoms with E-state index in [9.17, 15) is 4.39 Å². The van der Waals surface area contributed by atoms with E-state index in [0.717, 1.165) is 5.56 Å². The maximum absolute atomic E-state index is 13.6. The highest BCUT2D eigenvalue weighted by Gasteiger charge is 2.10. The van der Waals surface area contributed by atoms with Crippen molar-refractivity contribution in [1.82, 2.24) is 0 Å². The van der Waals surface area contributed by atoms with Crippen LogP contribution in [0.5, 0.6) is 0 Å². The molecule has 1 atom stereocenters. The highest BCUT2D eigenvalue weighted by molar-refractivity contribution is 14.1. The monoisotopic (exact) mass is 370 g/mol. The highest BCUT2D eigenvalue weighted by atomic mass is 127. The Balaban J connectivity index is 2.21. The van der Waals surface area contributed by atoms with Gasteiger partial charge in [0.25, 0.3) is 0 Å². The first kappa shape index (κ1) is 14.1. The Bertz CT molecular complexity index is 581. The Hall–Kier alpha value is -1.30. The molecule has 0 saturated heterocycles. The Labute approximate surface area is 126 Å². The number of nitrogen functional groups attached to an aromatic ring is 1. The zero-order valence-corrected chi connectivity index (χ0v) is 13.0. The molecule has 0 heterocycles. The van der Waals surface area contributed by atoms with Gasteiger partial charge in [0, 0.05) is 12.1 Å². The lowest BCUT2D eigenvalue weighted by Gasteiger charge is -2.18. The van der Waals surface area contributed by atoms with Crippen LogP contribution in [0, 0.1) is 16.3 Å². The molecule has 3 N–H and O–H groups in total. The molecule has 0 saturated carbocycles. The summed E-state index contributed by atoms with van der Waals surface area (Å²) in [6.07, 6.45) is 0. The summed E-state index contributed by atoms with van der Waals surface area (Å²) < 4.78 is 14.1. The molecule has 2 rings (SSSR count). The number of hydrogen-bond acceptors (Lipinski definition) is 2. The van der Waals surface area contributed by atoms with Crippen LogP contribution < -0.4 is 11.1 Å². The molecule has 0 radical (unpaired) electrons.